The number of carbonyl (C=O) groups excluding carboxylic acids is 1. The molecule has 0 spiro atoms. The molecule has 3 aromatic rings. The number of rotatable bonds is 3. The molecule has 0 aliphatic heterocycles. The predicted octanol–water partition coefficient (Wildman–Crippen LogP) is 2.32. The molecule has 0 radical (unpaired) electrons. The van der Waals surface area contributed by atoms with E-state index in [-0.39, 0.29) is 5.69 Å². The third-order valence-electron chi connectivity index (χ3n) is 3.43. The van der Waals surface area contributed by atoms with Crippen molar-refractivity contribution in [1.82, 2.24) is 4.57 Å². The second kappa shape index (κ2) is 4.86. The summed E-state index contributed by atoms with van der Waals surface area (Å²) in [5, 5.41) is 0.759. The molecule has 1 aromatic heterocycles. The van der Waals surface area contributed by atoms with Crippen LogP contribution in [0.2, 0.25) is 0 Å². The van der Waals surface area contributed by atoms with Crippen LogP contribution in [0, 0.1) is 0 Å². The third-order valence-corrected chi connectivity index (χ3v) is 3.43. The molecule has 0 aliphatic carbocycles. The first kappa shape index (κ1) is 13.1. The van der Waals surface area contributed by atoms with Crippen molar-refractivity contribution in [2.75, 3.05) is 12.8 Å². The fraction of sp³-hybridized carbons (Fsp3) is 0.0625. The van der Waals surface area contributed by atoms with Crippen LogP contribution in [0.3, 0.4) is 0 Å². The molecule has 1 amide bonds. The molecular formula is C16H15N3O2. The van der Waals surface area contributed by atoms with E-state index in [0.717, 1.165) is 11.1 Å². The highest BCUT2D eigenvalue weighted by Gasteiger charge is 2.24. The maximum absolute atomic E-state index is 11.9. The minimum absolute atomic E-state index is 0.289. The fourth-order valence-corrected chi connectivity index (χ4v) is 2.60. The number of para-hydroxylation sites is 2. The highest BCUT2D eigenvalue weighted by Crippen LogP contribution is 2.37. The number of ether oxygens (including phenoxy) is 1. The van der Waals surface area contributed by atoms with Gasteiger partial charge in [-0.2, -0.15) is 0 Å². The number of anilines is 1. The number of nitrogen functional groups attached to an aromatic ring is 1. The van der Waals surface area contributed by atoms with Crippen molar-refractivity contribution in [3.8, 4) is 11.4 Å². The minimum Gasteiger partial charge on any atom is -0.494 e. The number of primary amides is 1. The van der Waals surface area contributed by atoms with Crippen LogP contribution >= 0.6 is 0 Å². The van der Waals surface area contributed by atoms with Crippen molar-refractivity contribution in [1.29, 1.82) is 0 Å². The smallest absolute Gasteiger partial charge is 0.269 e. The van der Waals surface area contributed by atoms with Gasteiger partial charge >= 0.3 is 0 Å². The zero-order valence-electron chi connectivity index (χ0n) is 11.5. The number of carbonyl (C=O) groups is 1. The lowest BCUT2D eigenvalue weighted by atomic mass is 10.2. The van der Waals surface area contributed by atoms with Crippen molar-refractivity contribution in [2.45, 2.75) is 0 Å². The predicted molar refractivity (Wildman–Crippen MR) is 82.8 cm³/mol. The number of hydrogen-bond acceptors (Lipinski definition) is 3. The first-order chi connectivity index (χ1) is 10.1. The van der Waals surface area contributed by atoms with Gasteiger partial charge in [-0.15, -0.1) is 0 Å². The van der Waals surface area contributed by atoms with Crippen LogP contribution in [0.5, 0.6) is 5.75 Å². The summed E-state index contributed by atoms with van der Waals surface area (Å²) in [5.41, 5.74) is 14.0. The summed E-state index contributed by atoms with van der Waals surface area (Å²) in [5.74, 6) is -0.125. The van der Waals surface area contributed by atoms with E-state index in [1.807, 2.05) is 42.5 Å². The van der Waals surface area contributed by atoms with Gasteiger partial charge in [-0.3, -0.25) is 9.36 Å². The van der Waals surface area contributed by atoms with Gasteiger partial charge in [-0.25, -0.2) is 0 Å². The lowest BCUT2D eigenvalue weighted by molar-refractivity contribution is 0.0991. The molecule has 5 nitrogen and oxygen atoms in total. The van der Waals surface area contributed by atoms with Crippen LogP contribution in [0.25, 0.3) is 16.6 Å². The third kappa shape index (κ3) is 1.90. The lowest BCUT2D eigenvalue weighted by Crippen LogP contribution is -2.17. The molecule has 0 atom stereocenters. The van der Waals surface area contributed by atoms with Crippen LogP contribution in [-0.2, 0) is 0 Å². The van der Waals surface area contributed by atoms with Gasteiger partial charge in [0.05, 0.1) is 18.3 Å². The fourth-order valence-electron chi connectivity index (χ4n) is 2.60. The number of aromatic nitrogens is 1. The Morgan fingerprint density at radius 1 is 1.10 bits per heavy atom. The van der Waals surface area contributed by atoms with Crippen LogP contribution in [0.1, 0.15) is 10.5 Å². The van der Waals surface area contributed by atoms with E-state index in [2.05, 4.69) is 0 Å². The van der Waals surface area contributed by atoms with Gasteiger partial charge in [0.1, 0.15) is 0 Å². The topological polar surface area (TPSA) is 83.3 Å². The van der Waals surface area contributed by atoms with E-state index >= 15 is 0 Å². The monoisotopic (exact) mass is 281 g/mol. The number of fused-ring (bicyclic) bond motifs is 1. The standard InChI is InChI=1S/C16H15N3O2/c1-21-15-11-8-5-9-12(17)13(11)19(14(15)16(18)20)10-6-3-2-4-7-10/h2-9H,17H2,1H3,(H2,18,20). The van der Waals surface area contributed by atoms with Gasteiger partial charge in [0, 0.05) is 11.1 Å². The molecule has 4 N–H and O–H groups in total. The Hall–Kier alpha value is -2.95. The molecule has 1 heterocycles. The molecular weight excluding hydrogens is 266 g/mol. The Morgan fingerprint density at radius 3 is 2.43 bits per heavy atom. The summed E-state index contributed by atoms with van der Waals surface area (Å²) in [6.45, 7) is 0. The number of nitrogens with two attached hydrogens (primary N) is 2. The average molecular weight is 281 g/mol. The molecule has 3 rings (SSSR count). The Bertz CT molecular complexity index is 822. The van der Waals surface area contributed by atoms with Gasteiger partial charge in [0.15, 0.2) is 11.4 Å². The van der Waals surface area contributed by atoms with Crippen molar-refractivity contribution in [3.63, 3.8) is 0 Å². The first-order valence-electron chi connectivity index (χ1n) is 6.47. The zero-order valence-corrected chi connectivity index (χ0v) is 11.5. The molecule has 5 heteroatoms. The van der Waals surface area contributed by atoms with Gasteiger partial charge in [0.2, 0.25) is 0 Å². The number of benzene rings is 2. The maximum atomic E-state index is 11.9. The summed E-state index contributed by atoms with van der Waals surface area (Å²) < 4.78 is 7.14. The second-order valence-corrected chi connectivity index (χ2v) is 4.66. The van der Waals surface area contributed by atoms with Crippen LogP contribution in [0.15, 0.2) is 48.5 Å². The SMILES string of the molecule is COc1c(C(N)=O)n(-c2ccccc2)c2c(N)cccc12. The van der Waals surface area contributed by atoms with Crippen molar-refractivity contribution in [3.05, 3.63) is 54.2 Å². The number of amides is 1. The summed E-state index contributed by atoms with van der Waals surface area (Å²) in [4.78, 5) is 11.9. The van der Waals surface area contributed by atoms with Crippen molar-refractivity contribution in [2.24, 2.45) is 5.73 Å². The Morgan fingerprint density at radius 2 is 1.81 bits per heavy atom. The molecule has 0 aliphatic rings. The van der Waals surface area contributed by atoms with E-state index in [4.69, 9.17) is 16.2 Å². The molecule has 0 saturated carbocycles. The molecule has 0 fully saturated rings. The van der Waals surface area contributed by atoms with Crippen molar-refractivity contribution >= 4 is 22.5 Å². The van der Waals surface area contributed by atoms with Crippen LogP contribution < -0.4 is 16.2 Å². The van der Waals surface area contributed by atoms with Gasteiger partial charge in [-0.05, 0) is 24.3 Å². The Labute approximate surface area is 121 Å². The summed E-state index contributed by atoms with van der Waals surface area (Å²) in [6.07, 6.45) is 0. The molecule has 0 bridgehead atoms. The van der Waals surface area contributed by atoms with Crippen molar-refractivity contribution < 1.29 is 9.53 Å². The Kier molecular flexibility index (Phi) is 3.02. The molecule has 106 valence electrons. The van der Waals surface area contributed by atoms with Gasteiger partial charge < -0.3 is 16.2 Å². The molecule has 0 unspecified atom stereocenters. The van der Waals surface area contributed by atoms with E-state index in [0.29, 0.717) is 17.0 Å². The normalized spacial score (nSPS) is 10.7. The number of hydrogen-bond donors (Lipinski definition) is 2. The van der Waals surface area contributed by atoms with Gasteiger partial charge in [0.25, 0.3) is 5.91 Å². The molecule has 0 saturated heterocycles. The van der Waals surface area contributed by atoms with E-state index < -0.39 is 5.91 Å². The van der Waals surface area contributed by atoms with E-state index in [1.165, 1.54) is 7.11 Å². The molecule has 2 aromatic carbocycles. The maximum Gasteiger partial charge on any atom is 0.269 e. The van der Waals surface area contributed by atoms with E-state index in [9.17, 15) is 4.79 Å². The second-order valence-electron chi connectivity index (χ2n) is 4.66. The Balaban J connectivity index is 2.52. The summed E-state index contributed by atoms with van der Waals surface area (Å²) in [7, 11) is 1.51. The quantitative estimate of drug-likeness (QED) is 0.723. The highest BCUT2D eigenvalue weighted by molar-refractivity contribution is 6.07. The van der Waals surface area contributed by atoms with Gasteiger partial charge in [-0.1, -0.05) is 24.3 Å². The average Bonchev–Trinajstić information content (AvgIpc) is 2.84. The van der Waals surface area contributed by atoms with Crippen LogP contribution in [-0.4, -0.2) is 17.6 Å². The minimum atomic E-state index is -0.564. The largest absolute Gasteiger partial charge is 0.494 e. The number of methoxy groups -OCH3 is 1. The lowest BCUT2D eigenvalue weighted by Gasteiger charge is -2.10. The van der Waals surface area contributed by atoms with Crippen LogP contribution in [0.4, 0.5) is 5.69 Å². The number of nitrogens with zero attached hydrogens (tertiary/aromatic N) is 1. The first-order valence-corrected chi connectivity index (χ1v) is 6.47. The van der Waals surface area contributed by atoms with E-state index in [1.54, 1.807) is 10.6 Å². The highest BCUT2D eigenvalue weighted by atomic mass is 16.5. The molecule has 21 heavy (non-hydrogen) atoms. The summed E-state index contributed by atoms with van der Waals surface area (Å²) >= 11 is 0. The summed E-state index contributed by atoms with van der Waals surface area (Å²) in [6, 6.07) is 14.9. The zero-order chi connectivity index (χ0) is 15.0.